The van der Waals surface area contributed by atoms with Crippen LogP contribution in [0.3, 0.4) is 0 Å². The molecule has 19 heavy (non-hydrogen) atoms. The first kappa shape index (κ1) is 13.6. The molecule has 2 rings (SSSR count). The summed E-state index contributed by atoms with van der Waals surface area (Å²) in [6.07, 6.45) is 0. The fraction of sp³-hybridized carbons (Fsp3) is 0.200. The van der Waals surface area contributed by atoms with Crippen molar-refractivity contribution in [2.75, 3.05) is 12.3 Å². The van der Waals surface area contributed by atoms with Crippen LogP contribution in [-0.4, -0.2) is 6.61 Å². The summed E-state index contributed by atoms with van der Waals surface area (Å²) in [4.78, 5) is 0. The van der Waals surface area contributed by atoms with Crippen LogP contribution in [0.2, 0.25) is 5.02 Å². The molecule has 0 aliphatic carbocycles. The van der Waals surface area contributed by atoms with Crippen molar-refractivity contribution in [2.45, 2.75) is 13.5 Å². The van der Waals surface area contributed by atoms with Crippen molar-refractivity contribution in [3.63, 3.8) is 0 Å². The van der Waals surface area contributed by atoms with Gasteiger partial charge in [0.1, 0.15) is 18.1 Å². The largest absolute Gasteiger partial charge is 0.494 e. The molecule has 2 N–H and O–H groups in total. The Morgan fingerprint density at radius 1 is 1.05 bits per heavy atom. The van der Waals surface area contributed by atoms with Gasteiger partial charge in [-0.1, -0.05) is 23.7 Å². The van der Waals surface area contributed by atoms with E-state index in [-0.39, 0.29) is 0 Å². The lowest BCUT2D eigenvalue weighted by atomic mass is 10.2. The highest BCUT2D eigenvalue weighted by molar-refractivity contribution is 6.32. The Labute approximate surface area is 117 Å². The van der Waals surface area contributed by atoms with Crippen LogP contribution in [-0.2, 0) is 6.61 Å². The second-order valence-corrected chi connectivity index (χ2v) is 4.46. The molecule has 2 aromatic carbocycles. The molecule has 0 radical (unpaired) electrons. The molecule has 0 amide bonds. The lowest BCUT2D eigenvalue weighted by Gasteiger charge is -2.09. The van der Waals surface area contributed by atoms with Crippen molar-refractivity contribution in [2.24, 2.45) is 0 Å². The van der Waals surface area contributed by atoms with E-state index >= 15 is 0 Å². The van der Waals surface area contributed by atoms with Gasteiger partial charge < -0.3 is 15.2 Å². The third-order valence-electron chi connectivity index (χ3n) is 2.58. The van der Waals surface area contributed by atoms with Gasteiger partial charge in [0.05, 0.1) is 11.6 Å². The molecule has 0 fully saturated rings. The molecular formula is C15H16ClNO2. The van der Waals surface area contributed by atoms with Crippen molar-refractivity contribution < 1.29 is 9.47 Å². The first-order valence-corrected chi connectivity index (χ1v) is 6.46. The summed E-state index contributed by atoms with van der Waals surface area (Å²) in [6, 6.07) is 13.0. The summed E-state index contributed by atoms with van der Waals surface area (Å²) in [5.74, 6) is 1.49. The van der Waals surface area contributed by atoms with Crippen LogP contribution in [0.1, 0.15) is 12.5 Å². The van der Waals surface area contributed by atoms with E-state index in [4.69, 9.17) is 26.8 Å². The number of hydrogen-bond acceptors (Lipinski definition) is 3. The predicted octanol–water partition coefficient (Wildman–Crippen LogP) is 3.90. The number of ether oxygens (including phenoxy) is 2. The maximum absolute atomic E-state index is 6.04. The third-order valence-corrected chi connectivity index (χ3v) is 2.88. The number of anilines is 1. The molecule has 0 bridgehead atoms. The first-order chi connectivity index (χ1) is 9.19. The van der Waals surface area contributed by atoms with Gasteiger partial charge in [-0.25, -0.2) is 0 Å². The molecule has 0 saturated heterocycles. The molecule has 0 aliphatic heterocycles. The number of nitrogen functional groups attached to an aromatic ring is 1. The average molecular weight is 278 g/mol. The van der Waals surface area contributed by atoms with Crippen LogP contribution in [0.4, 0.5) is 5.69 Å². The zero-order chi connectivity index (χ0) is 13.7. The van der Waals surface area contributed by atoms with E-state index in [0.717, 1.165) is 11.3 Å². The van der Waals surface area contributed by atoms with Gasteiger partial charge in [-0.3, -0.25) is 0 Å². The summed E-state index contributed by atoms with van der Waals surface area (Å²) < 4.78 is 11.0. The molecule has 2 aromatic rings. The summed E-state index contributed by atoms with van der Waals surface area (Å²) in [5.41, 5.74) is 7.30. The van der Waals surface area contributed by atoms with Crippen LogP contribution >= 0.6 is 11.6 Å². The van der Waals surface area contributed by atoms with Gasteiger partial charge in [-0.15, -0.1) is 0 Å². The van der Waals surface area contributed by atoms with E-state index < -0.39 is 0 Å². The van der Waals surface area contributed by atoms with E-state index in [2.05, 4.69) is 0 Å². The zero-order valence-corrected chi connectivity index (χ0v) is 11.5. The fourth-order valence-corrected chi connectivity index (χ4v) is 1.89. The molecule has 0 heterocycles. The van der Waals surface area contributed by atoms with Crippen LogP contribution in [0.5, 0.6) is 11.5 Å². The van der Waals surface area contributed by atoms with Crippen LogP contribution < -0.4 is 15.2 Å². The quantitative estimate of drug-likeness (QED) is 0.843. The molecule has 4 heteroatoms. The van der Waals surface area contributed by atoms with Gasteiger partial charge in [-0.05, 0) is 42.8 Å². The van der Waals surface area contributed by atoms with Gasteiger partial charge in [0.25, 0.3) is 0 Å². The number of nitrogens with two attached hydrogens (primary N) is 1. The monoisotopic (exact) mass is 277 g/mol. The van der Waals surface area contributed by atoms with Gasteiger partial charge in [0.15, 0.2) is 0 Å². The Morgan fingerprint density at radius 2 is 1.79 bits per heavy atom. The number of hydrogen-bond donors (Lipinski definition) is 1. The molecule has 0 aromatic heterocycles. The maximum Gasteiger partial charge on any atom is 0.138 e. The summed E-state index contributed by atoms with van der Waals surface area (Å²) in [7, 11) is 0. The highest BCUT2D eigenvalue weighted by Crippen LogP contribution is 2.27. The average Bonchev–Trinajstić information content (AvgIpc) is 2.40. The Balaban J connectivity index is 1.98. The number of benzene rings is 2. The van der Waals surface area contributed by atoms with Crippen LogP contribution in [0.15, 0.2) is 42.5 Å². The fourth-order valence-electron chi connectivity index (χ4n) is 1.64. The topological polar surface area (TPSA) is 44.5 Å². The molecule has 0 unspecified atom stereocenters. The molecule has 0 aliphatic rings. The standard InChI is InChI=1S/C15H16ClNO2/c1-2-18-13-6-3-11(4-7-13)10-19-15-8-5-12(17)9-14(15)16/h3-9H,2,10,17H2,1H3. The minimum atomic E-state index is 0.454. The van der Waals surface area contributed by atoms with E-state index in [1.54, 1.807) is 18.2 Å². The van der Waals surface area contributed by atoms with Crippen LogP contribution in [0, 0.1) is 0 Å². The lowest BCUT2D eigenvalue weighted by Crippen LogP contribution is -1.97. The second-order valence-electron chi connectivity index (χ2n) is 4.06. The zero-order valence-electron chi connectivity index (χ0n) is 10.7. The highest BCUT2D eigenvalue weighted by atomic mass is 35.5. The summed E-state index contributed by atoms with van der Waals surface area (Å²) in [6.45, 7) is 3.08. The van der Waals surface area contributed by atoms with Crippen molar-refractivity contribution in [3.8, 4) is 11.5 Å². The van der Waals surface area contributed by atoms with Gasteiger partial charge in [-0.2, -0.15) is 0 Å². The normalized spacial score (nSPS) is 10.2. The summed E-state index contributed by atoms with van der Waals surface area (Å²) >= 11 is 6.04. The van der Waals surface area contributed by atoms with Gasteiger partial charge in [0.2, 0.25) is 0 Å². The highest BCUT2D eigenvalue weighted by Gasteiger charge is 2.02. The minimum Gasteiger partial charge on any atom is -0.494 e. The molecule has 0 atom stereocenters. The maximum atomic E-state index is 6.04. The van der Waals surface area contributed by atoms with Gasteiger partial charge in [0, 0.05) is 5.69 Å². The molecule has 100 valence electrons. The Hall–Kier alpha value is -1.87. The Morgan fingerprint density at radius 3 is 2.42 bits per heavy atom. The smallest absolute Gasteiger partial charge is 0.138 e. The number of halogens is 1. The Kier molecular flexibility index (Phi) is 4.53. The lowest BCUT2D eigenvalue weighted by molar-refractivity contribution is 0.305. The van der Waals surface area contributed by atoms with Crippen molar-refractivity contribution in [1.29, 1.82) is 0 Å². The molecular weight excluding hydrogens is 262 g/mol. The van der Waals surface area contributed by atoms with Crippen LogP contribution in [0.25, 0.3) is 0 Å². The molecule has 0 saturated carbocycles. The SMILES string of the molecule is CCOc1ccc(COc2ccc(N)cc2Cl)cc1. The van der Waals surface area contributed by atoms with Gasteiger partial charge >= 0.3 is 0 Å². The first-order valence-electron chi connectivity index (χ1n) is 6.08. The van der Waals surface area contributed by atoms with Crippen molar-refractivity contribution in [1.82, 2.24) is 0 Å². The Bertz CT molecular complexity index is 540. The number of rotatable bonds is 5. The van der Waals surface area contributed by atoms with E-state index in [1.165, 1.54) is 0 Å². The van der Waals surface area contributed by atoms with Crippen molar-refractivity contribution in [3.05, 3.63) is 53.1 Å². The van der Waals surface area contributed by atoms with E-state index in [9.17, 15) is 0 Å². The molecule has 0 spiro atoms. The third kappa shape index (κ3) is 3.80. The predicted molar refractivity (Wildman–Crippen MR) is 77.8 cm³/mol. The molecule has 3 nitrogen and oxygen atoms in total. The minimum absolute atomic E-state index is 0.454. The van der Waals surface area contributed by atoms with Crippen molar-refractivity contribution >= 4 is 17.3 Å². The second kappa shape index (κ2) is 6.34. The van der Waals surface area contributed by atoms with E-state index in [0.29, 0.717) is 29.7 Å². The summed E-state index contributed by atoms with van der Waals surface area (Å²) in [5, 5.41) is 0.519. The van der Waals surface area contributed by atoms with E-state index in [1.807, 2.05) is 31.2 Å².